The van der Waals surface area contributed by atoms with Crippen LogP contribution in [0, 0.1) is 0 Å². The SMILES string of the molecule is CN1CCN(C)C1c1cccc([O-])c1. The summed E-state index contributed by atoms with van der Waals surface area (Å²) in [7, 11) is 4.18. The molecule has 2 rings (SSSR count). The lowest BCUT2D eigenvalue weighted by atomic mass is 10.1. The van der Waals surface area contributed by atoms with Crippen molar-refractivity contribution in [3.05, 3.63) is 29.8 Å². The van der Waals surface area contributed by atoms with Gasteiger partial charge in [-0.05, 0) is 19.7 Å². The number of benzene rings is 1. The van der Waals surface area contributed by atoms with Gasteiger partial charge in [0.25, 0.3) is 0 Å². The van der Waals surface area contributed by atoms with Gasteiger partial charge in [-0.2, -0.15) is 0 Å². The van der Waals surface area contributed by atoms with Crippen LogP contribution in [0.15, 0.2) is 24.3 Å². The topological polar surface area (TPSA) is 29.5 Å². The summed E-state index contributed by atoms with van der Waals surface area (Å²) in [5.41, 5.74) is 1.10. The Labute approximate surface area is 84.6 Å². The van der Waals surface area contributed by atoms with E-state index in [2.05, 4.69) is 23.9 Å². The zero-order valence-corrected chi connectivity index (χ0v) is 8.60. The molecule has 1 aromatic rings. The van der Waals surface area contributed by atoms with Crippen molar-refractivity contribution in [2.24, 2.45) is 0 Å². The van der Waals surface area contributed by atoms with Crippen molar-refractivity contribution in [1.29, 1.82) is 0 Å². The van der Waals surface area contributed by atoms with Crippen LogP contribution in [0.3, 0.4) is 0 Å². The predicted octanol–water partition coefficient (Wildman–Crippen LogP) is 0.636. The molecule has 3 heteroatoms. The van der Waals surface area contributed by atoms with E-state index in [-0.39, 0.29) is 11.9 Å². The maximum atomic E-state index is 11.2. The zero-order valence-electron chi connectivity index (χ0n) is 8.60. The van der Waals surface area contributed by atoms with E-state index in [9.17, 15) is 5.11 Å². The van der Waals surface area contributed by atoms with E-state index in [1.165, 1.54) is 0 Å². The zero-order chi connectivity index (χ0) is 10.1. The van der Waals surface area contributed by atoms with Crippen molar-refractivity contribution in [3.8, 4) is 5.75 Å². The molecule has 0 N–H and O–H groups in total. The third kappa shape index (κ3) is 1.61. The Bertz CT molecular complexity index is 317. The van der Waals surface area contributed by atoms with Crippen molar-refractivity contribution in [2.75, 3.05) is 27.2 Å². The van der Waals surface area contributed by atoms with Gasteiger partial charge in [-0.3, -0.25) is 9.80 Å². The first-order chi connectivity index (χ1) is 6.68. The summed E-state index contributed by atoms with van der Waals surface area (Å²) >= 11 is 0. The maximum absolute atomic E-state index is 11.2. The second-order valence-electron chi connectivity index (χ2n) is 3.91. The minimum atomic E-state index is 0.0937. The van der Waals surface area contributed by atoms with Crippen LogP contribution >= 0.6 is 0 Å². The first-order valence-electron chi connectivity index (χ1n) is 4.86. The molecule has 1 aliphatic rings. The Balaban J connectivity index is 2.29. The van der Waals surface area contributed by atoms with E-state index in [0.29, 0.717) is 0 Å². The van der Waals surface area contributed by atoms with Crippen LogP contribution in [0.4, 0.5) is 0 Å². The van der Waals surface area contributed by atoms with Gasteiger partial charge in [-0.15, -0.1) is 5.75 Å². The molecule has 1 saturated heterocycles. The van der Waals surface area contributed by atoms with Crippen molar-refractivity contribution in [2.45, 2.75) is 6.17 Å². The maximum Gasteiger partial charge on any atom is 0.0881 e. The molecule has 0 saturated carbocycles. The molecule has 0 amide bonds. The Kier molecular flexibility index (Phi) is 2.44. The summed E-state index contributed by atoms with van der Waals surface area (Å²) < 4.78 is 0. The van der Waals surface area contributed by atoms with E-state index in [1.807, 2.05) is 12.1 Å². The molecular formula is C11H15N2O-. The highest BCUT2D eigenvalue weighted by molar-refractivity contribution is 5.28. The predicted molar refractivity (Wildman–Crippen MR) is 53.9 cm³/mol. The lowest BCUT2D eigenvalue weighted by molar-refractivity contribution is -0.268. The molecule has 0 aliphatic carbocycles. The second-order valence-corrected chi connectivity index (χ2v) is 3.91. The molecule has 76 valence electrons. The third-order valence-electron chi connectivity index (χ3n) is 2.80. The lowest BCUT2D eigenvalue weighted by Gasteiger charge is -2.26. The van der Waals surface area contributed by atoms with Crippen molar-refractivity contribution in [1.82, 2.24) is 9.80 Å². The summed E-state index contributed by atoms with van der Waals surface area (Å²) in [6.07, 6.45) is 0.267. The van der Waals surface area contributed by atoms with E-state index < -0.39 is 0 Å². The number of hydrogen-bond donors (Lipinski definition) is 0. The van der Waals surface area contributed by atoms with Crippen LogP contribution < -0.4 is 5.11 Å². The molecule has 1 aliphatic heterocycles. The summed E-state index contributed by atoms with van der Waals surface area (Å²) in [6, 6.07) is 7.17. The van der Waals surface area contributed by atoms with E-state index >= 15 is 0 Å². The molecule has 0 unspecified atom stereocenters. The van der Waals surface area contributed by atoms with Crippen LogP contribution in [0.25, 0.3) is 0 Å². The van der Waals surface area contributed by atoms with Crippen molar-refractivity contribution < 1.29 is 5.11 Å². The Morgan fingerprint density at radius 3 is 2.43 bits per heavy atom. The molecule has 0 bridgehead atoms. The van der Waals surface area contributed by atoms with Gasteiger partial charge in [0.05, 0.1) is 6.17 Å². The summed E-state index contributed by atoms with van der Waals surface area (Å²) in [5, 5.41) is 11.2. The van der Waals surface area contributed by atoms with Gasteiger partial charge in [0.2, 0.25) is 0 Å². The first kappa shape index (κ1) is 9.49. The average Bonchev–Trinajstić information content (AvgIpc) is 2.46. The molecule has 0 aromatic heterocycles. The standard InChI is InChI=1S/C11H16N2O/c1-12-6-7-13(2)11(12)9-4-3-5-10(14)8-9/h3-5,8,11,14H,6-7H2,1-2H3/p-1. The summed E-state index contributed by atoms with van der Waals surface area (Å²) in [6.45, 7) is 2.12. The molecule has 1 fully saturated rings. The lowest BCUT2D eigenvalue weighted by Crippen LogP contribution is -2.25. The Morgan fingerprint density at radius 1 is 1.21 bits per heavy atom. The first-order valence-corrected chi connectivity index (χ1v) is 4.86. The quantitative estimate of drug-likeness (QED) is 0.652. The smallest absolute Gasteiger partial charge is 0.0881 e. The summed E-state index contributed by atoms with van der Waals surface area (Å²) in [5.74, 6) is 0.0937. The van der Waals surface area contributed by atoms with E-state index in [4.69, 9.17) is 0 Å². The number of rotatable bonds is 1. The van der Waals surface area contributed by atoms with E-state index in [0.717, 1.165) is 18.7 Å². The van der Waals surface area contributed by atoms with Crippen LogP contribution in [0.5, 0.6) is 5.75 Å². The minimum Gasteiger partial charge on any atom is -0.872 e. The van der Waals surface area contributed by atoms with Gasteiger partial charge in [0.15, 0.2) is 0 Å². The van der Waals surface area contributed by atoms with Crippen molar-refractivity contribution >= 4 is 0 Å². The average molecular weight is 191 g/mol. The second kappa shape index (κ2) is 3.59. The van der Waals surface area contributed by atoms with Crippen LogP contribution in [0.1, 0.15) is 11.7 Å². The fourth-order valence-electron chi connectivity index (χ4n) is 2.08. The molecule has 14 heavy (non-hydrogen) atoms. The Morgan fingerprint density at radius 2 is 1.86 bits per heavy atom. The normalized spacial score (nSPS) is 20.4. The molecule has 0 radical (unpaired) electrons. The van der Waals surface area contributed by atoms with Crippen LogP contribution in [-0.4, -0.2) is 37.0 Å². The van der Waals surface area contributed by atoms with Gasteiger partial charge in [0.1, 0.15) is 0 Å². The summed E-state index contributed by atoms with van der Waals surface area (Å²) in [4.78, 5) is 4.52. The third-order valence-corrected chi connectivity index (χ3v) is 2.80. The van der Waals surface area contributed by atoms with Gasteiger partial charge >= 0.3 is 0 Å². The highest BCUT2D eigenvalue weighted by Gasteiger charge is 2.27. The Hall–Kier alpha value is -1.06. The van der Waals surface area contributed by atoms with Crippen LogP contribution in [-0.2, 0) is 0 Å². The minimum absolute atomic E-state index is 0.0937. The fraction of sp³-hybridized carbons (Fsp3) is 0.455. The largest absolute Gasteiger partial charge is 0.872 e. The van der Waals surface area contributed by atoms with Gasteiger partial charge < -0.3 is 5.11 Å². The molecule has 1 heterocycles. The fourth-order valence-corrected chi connectivity index (χ4v) is 2.08. The number of likely N-dealkylation sites (N-methyl/N-ethyl adjacent to an activating group) is 2. The monoisotopic (exact) mass is 191 g/mol. The van der Waals surface area contributed by atoms with Crippen LogP contribution in [0.2, 0.25) is 0 Å². The molecule has 1 aromatic carbocycles. The van der Waals surface area contributed by atoms with E-state index in [1.54, 1.807) is 12.1 Å². The van der Waals surface area contributed by atoms with Crippen molar-refractivity contribution in [3.63, 3.8) is 0 Å². The molecular weight excluding hydrogens is 176 g/mol. The number of hydrogen-bond acceptors (Lipinski definition) is 3. The number of nitrogens with zero attached hydrogens (tertiary/aromatic N) is 2. The van der Waals surface area contributed by atoms with Gasteiger partial charge in [0, 0.05) is 13.1 Å². The highest BCUT2D eigenvalue weighted by Crippen LogP contribution is 2.27. The van der Waals surface area contributed by atoms with Gasteiger partial charge in [-0.1, -0.05) is 24.3 Å². The highest BCUT2D eigenvalue weighted by atomic mass is 16.3. The van der Waals surface area contributed by atoms with Gasteiger partial charge in [-0.25, -0.2) is 0 Å². The molecule has 0 atom stereocenters. The molecule has 0 spiro atoms. The molecule has 3 nitrogen and oxygen atoms in total.